The molecule has 1 aromatic carbocycles. The van der Waals surface area contributed by atoms with Crippen molar-refractivity contribution in [3.05, 3.63) is 35.9 Å². The van der Waals surface area contributed by atoms with Gasteiger partial charge < -0.3 is 4.74 Å². The van der Waals surface area contributed by atoms with E-state index in [0.29, 0.717) is 13.1 Å². The molecule has 1 amide bonds. The molecule has 1 aromatic rings. The number of hydrogen-bond acceptors (Lipinski definition) is 4. The number of rotatable bonds is 4. The third kappa shape index (κ3) is 3.21. The number of benzene rings is 1. The van der Waals surface area contributed by atoms with Crippen LogP contribution >= 0.6 is 0 Å². The molecule has 1 aliphatic heterocycles. The second-order valence-corrected chi connectivity index (χ2v) is 5.59. The van der Waals surface area contributed by atoms with Crippen molar-refractivity contribution in [1.82, 2.24) is 9.03 Å². The normalized spacial score (nSPS) is 15.8. The van der Waals surface area contributed by atoms with Crippen LogP contribution in [-0.2, 0) is 21.6 Å². The Labute approximate surface area is 106 Å². The van der Waals surface area contributed by atoms with Crippen LogP contribution in [0.2, 0.25) is 0 Å². The van der Waals surface area contributed by atoms with E-state index in [9.17, 15) is 13.2 Å². The highest BCUT2D eigenvalue weighted by molar-refractivity contribution is 7.87. The van der Waals surface area contributed by atoms with E-state index in [-0.39, 0.29) is 6.61 Å². The molecule has 2 rings (SSSR count). The molecule has 1 heterocycles. The zero-order valence-electron chi connectivity index (χ0n) is 9.70. The number of nitrogens with one attached hydrogen (secondary N) is 1. The molecule has 1 N–H and O–H groups in total. The Morgan fingerprint density at radius 1 is 1.28 bits per heavy atom. The van der Waals surface area contributed by atoms with E-state index in [4.69, 9.17) is 4.74 Å². The van der Waals surface area contributed by atoms with E-state index in [1.54, 1.807) is 12.1 Å². The highest BCUT2D eigenvalue weighted by Crippen LogP contribution is 2.10. The van der Waals surface area contributed by atoms with E-state index in [1.807, 2.05) is 22.9 Å². The smallest absolute Gasteiger partial charge is 0.422 e. The number of nitrogens with zero attached hydrogens (tertiary/aromatic N) is 1. The van der Waals surface area contributed by atoms with E-state index in [0.717, 1.165) is 12.0 Å². The van der Waals surface area contributed by atoms with Crippen LogP contribution in [0.3, 0.4) is 0 Å². The molecule has 18 heavy (non-hydrogen) atoms. The first-order chi connectivity index (χ1) is 8.58. The maximum Gasteiger partial charge on any atom is 0.422 e. The van der Waals surface area contributed by atoms with Crippen molar-refractivity contribution < 1.29 is 17.9 Å². The minimum atomic E-state index is -3.72. The Kier molecular flexibility index (Phi) is 3.83. The first-order valence-electron chi connectivity index (χ1n) is 5.56. The summed E-state index contributed by atoms with van der Waals surface area (Å²) < 4.78 is 31.0. The van der Waals surface area contributed by atoms with Gasteiger partial charge in [-0.25, -0.2) is 9.52 Å². The van der Waals surface area contributed by atoms with E-state index >= 15 is 0 Å². The van der Waals surface area contributed by atoms with Gasteiger partial charge in [0.2, 0.25) is 0 Å². The lowest BCUT2D eigenvalue weighted by Crippen LogP contribution is -2.49. The lowest BCUT2D eigenvalue weighted by atomic mass is 10.2. The Hall–Kier alpha value is -1.60. The van der Waals surface area contributed by atoms with Crippen LogP contribution in [0.25, 0.3) is 0 Å². The largest absolute Gasteiger partial charge is 0.444 e. The molecule has 0 atom stereocenters. The van der Waals surface area contributed by atoms with Gasteiger partial charge in [0.25, 0.3) is 0 Å². The Morgan fingerprint density at radius 3 is 2.50 bits per heavy atom. The fraction of sp³-hybridized carbons (Fsp3) is 0.364. The van der Waals surface area contributed by atoms with Gasteiger partial charge in [0.1, 0.15) is 6.61 Å². The zero-order valence-corrected chi connectivity index (χ0v) is 10.5. The molecule has 1 fully saturated rings. The topological polar surface area (TPSA) is 75.7 Å². The molecule has 1 saturated heterocycles. The van der Waals surface area contributed by atoms with Crippen molar-refractivity contribution in [3.8, 4) is 0 Å². The van der Waals surface area contributed by atoms with Crippen LogP contribution in [0.5, 0.6) is 0 Å². The standard InChI is InChI=1S/C11H14N2O4S/c14-11(12-18(15,16)13-7-4-8-13)17-9-10-5-2-1-3-6-10/h1-3,5-6H,4,7-9H2,(H,12,14). The van der Waals surface area contributed by atoms with Crippen molar-refractivity contribution in [2.24, 2.45) is 0 Å². The fourth-order valence-corrected chi connectivity index (χ4v) is 2.59. The van der Waals surface area contributed by atoms with E-state index in [1.165, 1.54) is 4.31 Å². The summed E-state index contributed by atoms with van der Waals surface area (Å²) in [6.45, 7) is 0.935. The Bertz CT molecular complexity index is 511. The molecular weight excluding hydrogens is 256 g/mol. The van der Waals surface area contributed by atoms with Gasteiger partial charge in [-0.3, -0.25) is 0 Å². The summed E-state index contributed by atoms with van der Waals surface area (Å²) in [6, 6.07) is 9.05. The lowest BCUT2D eigenvalue weighted by molar-refractivity contribution is 0.145. The molecular formula is C11H14N2O4S. The maximum absolute atomic E-state index is 11.5. The Morgan fingerprint density at radius 2 is 1.94 bits per heavy atom. The van der Waals surface area contributed by atoms with Crippen molar-refractivity contribution in [1.29, 1.82) is 0 Å². The summed E-state index contributed by atoms with van der Waals surface area (Å²) in [7, 11) is -3.72. The average Bonchev–Trinajstić information content (AvgIpc) is 2.24. The molecule has 0 unspecified atom stereocenters. The summed E-state index contributed by atoms with van der Waals surface area (Å²) in [6.07, 6.45) is -0.134. The predicted molar refractivity (Wildman–Crippen MR) is 64.9 cm³/mol. The van der Waals surface area contributed by atoms with Crippen molar-refractivity contribution in [3.63, 3.8) is 0 Å². The average molecular weight is 270 g/mol. The van der Waals surface area contributed by atoms with Gasteiger partial charge in [-0.15, -0.1) is 0 Å². The third-order valence-electron chi connectivity index (χ3n) is 2.58. The van der Waals surface area contributed by atoms with Gasteiger partial charge in [-0.2, -0.15) is 12.7 Å². The molecule has 98 valence electrons. The van der Waals surface area contributed by atoms with Crippen LogP contribution in [0.1, 0.15) is 12.0 Å². The number of hydrogen-bond donors (Lipinski definition) is 1. The lowest BCUT2D eigenvalue weighted by Gasteiger charge is -2.29. The summed E-state index contributed by atoms with van der Waals surface area (Å²) in [5, 5.41) is 0. The van der Waals surface area contributed by atoms with Crippen molar-refractivity contribution >= 4 is 16.3 Å². The zero-order chi connectivity index (χ0) is 13.0. The van der Waals surface area contributed by atoms with Crippen molar-refractivity contribution in [2.45, 2.75) is 13.0 Å². The van der Waals surface area contributed by atoms with Crippen LogP contribution in [0, 0.1) is 0 Å². The molecule has 0 saturated carbocycles. The molecule has 0 spiro atoms. The van der Waals surface area contributed by atoms with Gasteiger partial charge in [0.05, 0.1) is 0 Å². The molecule has 0 bridgehead atoms. The monoisotopic (exact) mass is 270 g/mol. The molecule has 7 heteroatoms. The second-order valence-electron chi connectivity index (χ2n) is 3.92. The number of amides is 1. The van der Waals surface area contributed by atoms with Gasteiger partial charge in [0, 0.05) is 13.1 Å². The minimum absolute atomic E-state index is 0.0438. The van der Waals surface area contributed by atoms with Crippen LogP contribution in [0.4, 0.5) is 4.79 Å². The van der Waals surface area contributed by atoms with Gasteiger partial charge in [0.15, 0.2) is 0 Å². The van der Waals surface area contributed by atoms with E-state index < -0.39 is 16.3 Å². The SMILES string of the molecule is O=C(NS(=O)(=O)N1CCC1)OCc1ccccc1. The number of carbonyl (C=O) groups is 1. The molecule has 0 aliphatic carbocycles. The fourth-order valence-electron chi connectivity index (χ4n) is 1.45. The highest BCUT2D eigenvalue weighted by atomic mass is 32.2. The van der Waals surface area contributed by atoms with Crippen molar-refractivity contribution in [2.75, 3.05) is 13.1 Å². The summed E-state index contributed by atoms with van der Waals surface area (Å²) in [5.41, 5.74) is 0.800. The van der Waals surface area contributed by atoms with Crippen LogP contribution in [-0.4, -0.2) is 31.9 Å². The first-order valence-corrected chi connectivity index (χ1v) is 7.00. The summed E-state index contributed by atoms with van der Waals surface area (Å²) >= 11 is 0. The van der Waals surface area contributed by atoms with Gasteiger partial charge in [-0.05, 0) is 12.0 Å². The highest BCUT2D eigenvalue weighted by Gasteiger charge is 2.29. The van der Waals surface area contributed by atoms with Crippen LogP contribution in [0.15, 0.2) is 30.3 Å². The second kappa shape index (κ2) is 5.36. The summed E-state index contributed by atoms with van der Waals surface area (Å²) in [4.78, 5) is 11.3. The molecule has 6 nitrogen and oxygen atoms in total. The number of ether oxygens (including phenoxy) is 1. The minimum Gasteiger partial charge on any atom is -0.444 e. The van der Waals surface area contributed by atoms with Gasteiger partial charge in [-0.1, -0.05) is 30.3 Å². The Balaban J connectivity index is 1.82. The maximum atomic E-state index is 11.5. The van der Waals surface area contributed by atoms with E-state index in [2.05, 4.69) is 0 Å². The van der Waals surface area contributed by atoms with Crippen LogP contribution < -0.4 is 4.72 Å². The summed E-state index contributed by atoms with van der Waals surface area (Å²) in [5.74, 6) is 0. The van der Waals surface area contributed by atoms with Gasteiger partial charge >= 0.3 is 16.3 Å². The molecule has 0 aromatic heterocycles. The molecule has 1 aliphatic rings. The quantitative estimate of drug-likeness (QED) is 0.880. The number of carbonyl (C=O) groups excluding carboxylic acids is 1. The molecule has 0 radical (unpaired) electrons. The predicted octanol–water partition coefficient (Wildman–Crippen LogP) is 0.863. The third-order valence-corrected chi connectivity index (χ3v) is 4.05. The first kappa shape index (κ1) is 12.8.